The lowest BCUT2D eigenvalue weighted by Crippen LogP contribution is -2.41. The molecule has 0 fully saturated rings. The van der Waals surface area contributed by atoms with Gasteiger partial charge >= 0.3 is 12.1 Å². The van der Waals surface area contributed by atoms with Gasteiger partial charge in [-0.25, -0.2) is 9.18 Å². The maximum atomic E-state index is 13.2. The molecule has 2 unspecified atom stereocenters. The van der Waals surface area contributed by atoms with Crippen molar-refractivity contribution < 1.29 is 47.2 Å². The van der Waals surface area contributed by atoms with E-state index in [1.807, 2.05) is 0 Å². The smallest absolute Gasteiger partial charge is 0.420 e. The highest BCUT2D eigenvalue weighted by Gasteiger charge is 2.37. The van der Waals surface area contributed by atoms with Crippen LogP contribution in [0.5, 0.6) is 5.75 Å². The SMILES string of the molecule is NC(=O)C(O)C(O)COC(=O)c1cc(F)cc(C(F)(F)F)c1O. The molecule has 5 N–H and O–H groups in total. The van der Waals surface area contributed by atoms with Gasteiger partial charge in [0.1, 0.15) is 35.4 Å². The number of phenols is 1. The van der Waals surface area contributed by atoms with Gasteiger partial charge in [0, 0.05) is 0 Å². The largest absolute Gasteiger partial charge is 0.506 e. The zero-order valence-corrected chi connectivity index (χ0v) is 11.2. The number of alkyl halides is 3. The summed E-state index contributed by atoms with van der Waals surface area (Å²) < 4.78 is 55.2. The van der Waals surface area contributed by atoms with E-state index in [0.717, 1.165) is 0 Å². The van der Waals surface area contributed by atoms with E-state index in [1.165, 1.54) is 0 Å². The fourth-order valence-corrected chi connectivity index (χ4v) is 1.49. The Labute approximate surface area is 125 Å². The number of carbonyl (C=O) groups excluding carboxylic acids is 2. The molecule has 0 aliphatic rings. The average Bonchev–Trinajstić information content (AvgIpc) is 2.44. The average molecular weight is 341 g/mol. The van der Waals surface area contributed by atoms with Crippen molar-refractivity contribution in [2.75, 3.05) is 6.61 Å². The minimum atomic E-state index is -5.12. The van der Waals surface area contributed by atoms with E-state index >= 15 is 0 Å². The summed E-state index contributed by atoms with van der Waals surface area (Å²) in [5.41, 5.74) is 1.73. The Morgan fingerprint density at radius 1 is 1.26 bits per heavy atom. The zero-order valence-electron chi connectivity index (χ0n) is 11.2. The van der Waals surface area contributed by atoms with Gasteiger partial charge in [-0.2, -0.15) is 13.2 Å². The topological polar surface area (TPSA) is 130 Å². The lowest BCUT2D eigenvalue weighted by atomic mass is 10.1. The first-order valence-electron chi connectivity index (χ1n) is 5.87. The molecule has 1 amide bonds. The van der Waals surface area contributed by atoms with Gasteiger partial charge in [0.15, 0.2) is 6.10 Å². The molecule has 7 nitrogen and oxygen atoms in total. The number of rotatable bonds is 5. The van der Waals surface area contributed by atoms with Crippen LogP contribution in [0.3, 0.4) is 0 Å². The first-order valence-corrected chi connectivity index (χ1v) is 5.87. The number of phenolic OH excluding ortho intramolecular Hbond substituents is 1. The summed E-state index contributed by atoms with van der Waals surface area (Å²) in [5.74, 6) is -5.96. The van der Waals surface area contributed by atoms with E-state index in [-0.39, 0.29) is 6.07 Å². The van der Waals surface area contributed by atoms with E-state index in [4.69, 9.17) is 5.11 Å². The number of hydrogen-bond acceptors (Lipinski definition) is 6. The van der Waals surface area contributed by atoms with Crippen LogP contribution in [0.2, 0.25) is 0 Å². The molecule has 11 heteroatoms. The second-order valence-corrected chi connectivity index (χ2v) is 4.36. The van der Waals surface area contributed by atoms with Crippen LogP contribution in [-0.4, -0.2) is 46.0 Å². The summed E-state index contributed by atoms with van der Waals surface area (Å²) in [6.45, 7) is -1.03. The number of aliphatic hydroxyl groups is 2. The number of esters is 1. The maximum Gasteiger partial charge on any atom is 0.420 e. The van der Waals surface area contributed by atoms with Crippen LogP contribution < -0.4 is 5.73 Å². The normalized spacial score (nSPS) is 14.2. The number of ether oxygens (including phenoxy) is 1. The standard InChI is InChI=1S/C12H11F4NO6/c13-4-1-5(8(19)6(2-4)12(14,15)16)11(22)23-3-7(18)9(20)10(17)21/h1-2,7,9,18-20H,3H2,(H2,17,21). The second kappa shape index (κ2) is 6.79. The molecule has 0 radical (unpaired) electrons. The minimum Gasteiger partial charge on any atom is -0.506 e. The summed E-state index contributed by atoms with van der Waals surface area (Å²) in [6.07, 6.45) is -9.16. The van der Waals surface area contributed by atoms with Crippen molar-refractivity contribution in [3.63, 3.8) is 0 Å². The number of aliphatic hydroxyl groups excluding tert-OH is 2. The molecule has 23 heavy (non-hydrogen) atoms. The fourth-order valence-electron chi connectivity index (χ4n) is 1.49. The minimum absolute atomic E-state index is 0.0161. The molecular weight excluding hydrogens is 330 g/mol. The van der Waals surface area contributed by atoms with Crippen LogP contribution in [0.1, 0.15) is 15.9 Å². The molecule has 0 aromatic heterocycles. The fraction of sp³-hybridized carbons (Fsp3) is 0.333. The molecule has 0 saturated heterocycles. The van der Waals surface area contributed by atoms with Crippen molar-refractivity contribution in [1.29, 1.82) is 0 Å². The van der Waals surface area contributed by atoms with E-state index in [0.29, 0.717) is 6.07 Å². The lowest BCUT2D eigenvalue weighted by Gasteiger charge is -2.16. The molecule has 1 aromatic rings. The Morgan fingerprint density at radius 3 is 2.30 bits per heavy atom. The highest BCUT2D eigenvalue weighted by Crippen LogP contribution is 2.38. The van der Waals surface area contributed by atoms with Crippen LogP contribution in [0.25, 0.3) is 0 Å². The van der Waals surface area contributed by atoms with Gasteiger partial charge in [-0.05, 0) is 12.1 Å². The number of benzene rings is 1. The van der Waals surface area contributed by atoms with Gasteiger partial charge in [0.2, 0.25) is 5.91 Å². The molecule has 0 heterocycles. The van der Waals surface area contributed by atoms with Crippen molar-refractivity contribution in [2.45, 2.75) is 18.4 Å². The van der Waals surface area contributed by atoms with Crippen molar-refractivity contribution in [2.24, 2.45) is 5.73 Å². The van der Waals surface area contributed by atoms with Crippen LogP contribution in [0, 0.1) is 5.82 Å². The van der Waals surface area contributed by atoms with Crippen LogP contribution >= 0.6 is 0 Å². The number of primary amides is 1. The summed E-state index contributed by atoms with van der Waals surface area (Å²) in [4.78, 5) is 22.1. The number of aromatic hydroxyl groups is 1. The third kappa shape index (κ3) is 4.53. The van der Waals surface area contributed by atoms with Crippen LogP contribution in [-0.2, 0) is 15.7 Å². The number of hydrogen-bond donors (Lipinski definition) is 4. The highest BCUT2D eigenvalue weighted by atomic mass is 19.4. The third-order valence-electron chi connectivity index (χ3n) is 2.64. The number of carbonyl (C=O) groups is 2. The van der Waals surface area contributed by atoms with E-state index in [2.05, 4.69) is 10.5 Å². The molecule has 1 rings (SSSR count). The molecule has 0 spiro atoms. The van der Waals surface area contributed by atoms with Gasteiger partial charge in [-0.1, -0.05) is 0 Å². The number of amides is 1. The zero-order chi connectivity index (χ0) is 17.9. The van der Waals surface area contributed by atoms with Crippen molar-refractivity contribution >= 4 is 11.9 Å². The Kier molecular flexibility index (Phi) is 5.51. The van der Waals surface area contributed by atoms with Crippen molar-refractivity contribution in [3.8, 4) is 5.75 Å². The summed E-state index contributed by atoms with van der Waals surface area (Å²) in [7, 11) is 0. The molecule has 0 aliphatic carbocycles. The Morgan fingerprint density at radius 2 is 1.83 bits per heavy atom. The maximum absolute atomic E-state index is 13.2. The van der Waals surface area contributed by atoms with Gasteiger partial charge < -0.3 is 25.8 Å². The van der Waals surface area contributed by atoms with Gasteiger partial charge in [0.05, 0.1) is 0 Å². The van der Waals surface area contributed by atoms with Gasteiger partial charge in [-0.15, -0.1) is 0 Å². The van der Waals surface area contributed by atoms with Crippen molar-refractivity contribution in [1.82, 2.24) is 0 Å². The molecule has 0 bridgehead atoms. The van der Waals surface area contributed by atoms with Gasteiger partial charge in [0.25, 0.3) is 0 Å². The van der Waals surface area contributed by atoms with Gasteiger partial charge in [-0.3, -0.25) is 4.79 Å². The Hall–Kier alpha value is -2.40. The van der Waals surface area contributed by atoms with E-state index < -0.39 is 59.6 Å². The first-order chi connectivity index (χ1) is 10.4. The van der Waals surface area contributed by atoms with E-state index in [1.54, 1.807) is 0 Å². The summed E-state index contributed by atoms with van der Waals surface area (Å²) >= 11 is 0. The van der Waals surface area contributed by atoms with Crippen molar-refractivity contribution in [3.05, 3.63) is 29.1 Å². The Bertz CT molecular complexity index is 618. The second-order valence-electron chi connectivity index (χ2n) is 4.36. The Balaban J connectivity index is 2.97. The molecule has 0 aliphatic heterocycles. The molecule has 2 atom stereocenters. The number of nitrogens with two attached hydrogens (primary N) is 1. The third-order valence-corrected chi connectivity index (χ3v) is 2.64. The summed E-state index contributed by atoms with van der Waals surface area (Å²) in [6, 6.07) is 0.279. The molecule has 0 saturated carbocycles. The summed E-state index contributed by atoms with van der Waals surface area (Å²) in [5, 5.41) is 27.7. The van der Waals surface area contributed by atoms with E-state index in [9.17, 15) is 37.4 Å². The lowest BCUT2D eigenvalue weighted by molar-refractivity contribution is -0.139. The molecule has 128 valence electrons. The van der Waals surface area contributed by atoms with Crippen LogP contribution in [0.15, 0.2) is 12.1 Å². The quantitative estimate of drug-likeness (QED) is 0.438. The first kappa shape index (κ1) is 18.6. The molecule has 1 aromatic carbocycles. The highest BCUT2D eigenvalue weighted by molar-refractivity contribution is 5.93. The predicted molar refractivity (Wildman–Crippen MR) is 64.6 cm³/mol. The predicted octanol–water partition coefficient (Wildman–Crippen LogP) is -0.0860. The molecular formula is C12H11F4NO6. The van der Waals surface area contributed by atoms with Crippen LogP contribution in [0.4, 0.5) is 17.6 Å². The monoisotopic (exact) mass is 341 g/mol. The number of halogens is 4.